The molecular weight excluding hydrogens is 266 g/mol. The fourth-order valence-electron chi connectivity index (χ4n) is 2.65. The van der Waals surface area contributed by atoms with Crippen molar-refractivity contribution in [1.29, 1.82) is 0 Å². The Labute approximate surface area is 130 Å². The van der Waals surface area contributed by atoms with E-state index in [0.29, 0.717) is 26.3 Å². The molecule has 0 aromatic carbocycles. The van der Waals surface area contributed by atoms with Gasteiger partial charge in [0, 0.05) is 13.1 Å². The van der Waals surface area contributed by atoms with E-state index in [-0.39, 0.29) is 18.6 Å². The quantitative estimate of drug-likeness (QED) is 0.549. The minimum atomic E-state index is 0.120. The van der Waals surface area contributed by atoms with Gasteiger partial charge < -0.3 is 14.4 Å². The van der Waals surface area contributed by atoms with Crippen molar-refractivity contribution in [1.82, 2.24) is 4.90 Å². The maximum Gasteiger partial charge on any atom is 0.248 e. The summed E-state index contributed by atoms with van der Waals surface area (Å²) in [5.41, 5.74) is 0. The molecule has 0 saturated carbocycles. The molecular formula is C17H33NO3. The van der Waals surface area contributed by atoms with E-state index in [2.05, 4.69) is 13.8 Å². The van der Waals surface area contributed by atoms with Gasteiger partial charge in [0.1, 0.15) is 6.61 Å². The molecule has 4 heteroatoms. The van der Waals surface area contributed by atoms with Crippen LogP contribution in [0.25, 0.3) is 0 Å². The van der Waals surface area contributed by atoms with Crippen molar-refractivity contribution < 1.29 is 14.3 Å². The number of unbranched alkanes of at least 4 members (excludes halogenated alkanes) is 4. The summed E-state index contributed by atoms with van der Waals surface area (Å²) >= 11 is 0. The van der Waals surface area contributed by atoms with E-state index in [4.69, 9.17) is 9.47 Å². The van der Waals surface area contributed by atoms with E-state index < -0.39 is 0 Å². The fourth-order valence-corrected chi connectivity index (χ4v) is 2.65. The second kappa shape index (κ2) is 12.0. The molecule has 0 spiro atoms. The molecule has 0 aromatic heterocycles. The number of morpholine rings is 1. The fraction of sp³-hybridized carbons (Fsp3) is 0.941. The Morgan fingerprint density at radius 3 is 2.14 bits per heavy atom. The molecule has 0 N–H and O–H groups in total. The number of rotatable bonds is 11. The van der Waals surface area contributed by atoms with Crippen LogP contribution in [0.15, 0.2) is 0 Å². The summed E-state index contributed by atoms with van der Waals surface area (Å²) in [5.74, 6) is 0.120. The van der Waals surface area contributed by atoms with Crippen molar-refractivity contribution in [2.24, 2.45) is 0 Å². The first-order valence-electron chi connectivity index (χ1n) is 8.75. The van der Waals surface area contributed by atoms with Gasteiger partial charge in [-0.2, -0.15) is 0 Å². The van der Waals surface area contributed by atoms with Gasteiger partial charge in [0.2, 0.25) is 5.91 Å². The van der Waals surface area contributed by atoms with Gasteiger partial charge >= 0.3 is 0 Å². The first-order chi connectivity index (χ1) is 10.3. The molecule has 1 saturated heterocycles. The molecule has 1 aliphatic heterocycles. The van der Waals surface area contributed by atoms with Gasteiger partial charge in [-0.05, 0) is 12.8 Å². The lowest BCUT2D eigenvalue weighted by Crippen LogP contribution is -2.43. The van der Waals surface area contributed by atoms with Crippen LogP contribution in [0.3, 0.4) is 0 Å². The van der Waals surface area contributed by atoms with E-state index in [1.54, 1.807) is 0 Å². The highest BCUT2D eigenvalue weighted by atomic mass is 16.5. The molecule has 0 atom stereocenters. The molecule has 1 rings (SSSR count). The van der Waals surface area contributed by atoms with Crippen LogP contribution in [-0.2, 0) is 14.3 Å². The van der Waals surface area contributed by atoms with Crippen molar-refractivity contribution >= 4 is 5.91 Å². The summed E-state index contributed by atoms with van der Waals surface area (Å²) in [5, 5.41) is 0. The Kier molecular flexibility index (Phi) is 10.5. The Hall–Kier alpha value is -0.610. The zero-order valence-electron chi connectivity index (χ0n) is 13.9. The number of nitrogens with zero attached hydrogens (tertiary/aromatic N) is 1. The monoisotopic (exact) mass is 299 g/mol. The average molecular weight is 299 g/mol. The summed E-state index contributed by atoms with van der Waals surface area (Å²) in [6.45, 7) is 7.40. The molecule has 124 valence electrons. The van der Waals surface area contributed by atoms with E-state index in [1.807, 2.05) is 4.90 Å². The van der Waals surface area contributed by atoms with Gasteiger partial charge in [0.05, 0.1) is 19.3 Å². The predicted octanol–water partition coefficient (Wildman–Crippen LogP) is 3.39. The lowest BCUT2D eigenvalue weighted by atomic mass is 10.0. The van der Waals surface area contributed by atoms with Crippen molar-refractivity contribution in [3.8, 4) is 0 Å². The zero-order valence-corrected chi connectivity index (χ0v) is 13.9. The molecule has 1 amide bonds. The first-order valence-corrected chi connectivity index (χ1v) is 8.75. The lowest BCUT2D eigenvalue weighted by molar-refractivity contribution is -0.142. The van der Waals surface area contributed by atoms with Gasteiger partial charge in [0.15, 0.2) is 0 Å². The van der Waals surface area contributed by atoms with Crippen molar-refractivity contribution in [2.45, 2.75) is 71.3 Å². The molecule has 4 nitrogen and oxygen atoms in total. The number of carbonyl (C=O) groups is 1. The average Bonchev–Trinajstić information content (AvgIpc) is 2.53. The highest BCUT2D eigenvalue weighted by Gasteiger charge is 2.18. The van der Waals surface area contributed by atoms with Crippen molar-refractivity contribution in [2.75, 3.05) is 32.9 Å². The lowest BCUT2D eigenvalue weighted by Gasteiger charge is -2.27. The van der Waals surface area contributed by atoms with Crippen molar-refractivity contribution in [3.05, 3.63) is 0 Å². The number of hydrogen-bond donors (Lipinski definition) is 0. The van der Waals surface area contributed by atoms with Crippen LogP contribution < -0.4 is 0 Å². The van der Waals surface area contributed by atoms with Crippen LogP contribution in [0.2, 0.25) is 0 Å². The smallest absolute Gasteiger partial charge is 0.248 e. The second-order valence-electron chi connectivity index (χ2n) is 5.92. The topological polar surface area (TPSA) is 38.8 Å². The van der Waals surface area contributed by atoms with Crippen LogP contribution in [-0.4, -0.2) is 49.8 Å². The van der Waals surface area contributed by atoms with E-state index >= 15 is 0 Å². The van der Waals surface area contributed by atoms with Gasteiger partial charge in [-0.25, -0.2) is 0 Å². The first kappa shape index (κ1) is 18.4. The van der Waals surface area contributed by atoms with Crippen LogP contribution in [0.1, 0.15) is 65.2 Å². The Morgan fingerprint density at radius 1 is 1.05 bits per heavy atom. The van der Waals surface area contributed by atoms with Crippen LogP contribution in [0, 0.1) is 0 Å². The largest absolute Gasteiger partial charge is 0.378 e. The molecule has 0 bridgehead atoms. The summed E-state index contributed by atoms with van der Waals surface area (Å²) < 4.78 is 11.2. The normalized spacial score (nSPS) is 15.7. The summed E-state index contributed by atoms with van der Waals surface area (Å²) in [6, 6.07) is 0. The van der Waals surface area contributed by atoms with Crippen LogP contribution in [0.4, 0.5) is 0 Å². The standard InChI is InChI=1S/C17H33NO3/c1-3-5-7-9-16(10-8-6-4-2)21-15-17(19)18-11-13-20-14-12-18/h16H,3-15H2,1-2H3. The summed E-state index contributed by atoms with van der Waals surface area (Å²) in [6.07, 6.45) is 9.83. The molecule has 1 fully saturated rings. The van der Waals surface area contributed by atoms with Crippen LogP contribution >= 0.6 is 0 Å². The third kappa shape index (κ3) is 8.42. The third-order valence-electron chi connectivity index (χ3n) is 4.07. The highest BCUT2D eigenvalue weighted by Crippen LogP contribution is 2.14. The molecule has 0 radical (unpaired) electrons. The van der Waals surface area contributed by atoms with Crippen LogP contribution in [0.5, 0.6) is 0 Å². The second-order valence-corrected chi connectivity index (χ2v) is 5.92. The minimum absolute atomic E-state index is 0.120. The number of carbonyl (C=O) groups excluding carboxylic acids is 1. The Bertz CT molecular complexity index is 255. The summed E-state index contributed by atoms with van der Waals surface area (Å²) in [4.78, 5) is 14.0. The molecule has 1 heterocycles. The van der Waals surface area contributed by atoms with Gasteiger partial charge in [0.25, 0.3) is 0 Å². The molecule has 0 unspecified atom stereocenters. The Morgan fingerprint density at radius 2 is 1.62 bits per heavy atom. The molecule has 0 aliphatic carbocycles. The summed E-state index contributed by atoms with van der Waals surface area (Å²) in [7, 11) is 0. The third-order valence-corrected chi connectivity index (χ3v) is 4.07. The van der Waals surface area contributed by atoms with Crippen molar-refractivity contribution in [3.63, 3.8) is 0 Å². The number of hydrogen-bond acceptors (Lipinski definition) is 3. The van der Waals surface area contributed by atoms with E-state index in [0.717, 1.165) is 12.8 Å². The van der Waals surface area contributed by atoms with Gasteiger partial charge in [-0.15, -0.1) is 0 Å². The van der Waals surface area contributed by atoms with Gasteiger partial charge in [-0.3, -0.25) is 4.79 Å². The number of ether oxygens (including phenoxy) is 2. The number of amides is 1. The molecule has 21 heavy (non-hydrogen) atoms. The Balaban J connectivity index is 2.26. The zero-order chi connectivity index (χ0) is 15.3. The van der Waals surface area contributed by atoms with Gasteiger partial charge in [-0.1, -0.05) is 52.4 Å². The minimum Gasteiger partial charge on any atom is -0.378 e. The predicted molar refractivity (Wildman–Crippen MR) is 85.4 cm³/mol. The highest BCUT2D eigenvalue weighted by molar-refractivity contribution is 5.77. The maximum atomic E-state index is 12.1. The maximum absolute atomic E-state index is 12.1. The molecule has 0 aromatic rings. The van der Waals surface area contributed by atoms with E-state index in [9.17, 15) is 4.79 Å². The molecule has 1 aliphatic rings. The SMILES string of the molecule is CCCCCC(CCCCC)OCC(=O)N1CCOCC1. The van der Waals surface area contributed by atoms with E-state index in [1.165, 1.54) is 38.5 Å².